The summed E-state index contributed by atoms with van der Waals surface area (Å²) in [6.07, 6.45) is 2.42. The predicted molar refractivity (Wildman–Crippen MR) is 125 cm³/mol. The van der Waals surface area contributed by atoms with E-state index in [-0.39, 0.29) is 24.4 Å². The number of carbonyl (C=O) groups excluding carboxylic acids is 2. The first-order chi connectivity index (χ1) is 15.4. The summed E-state index contributed by atoms with van der Waals surface area (Å²) in [7, 11) is 1.58. The molecule has 0 bridgehead atoms. The fourth-order valence-electron chi connectivity index (χ4n) is 3.53. The summed E-state index contributed by atoms with van der Waals surface area (Å²) in [5.41, 5.74) is 2.28. The van der Waals surface area contributed by atoms with Gasteiger partial charge in [0.2, 0.25) is 5.88 Å². The van der Waals surface area contributed by atoms with E-state index >= 15 is 0 Å². The zero-order valence-corrected chi connectivity index (χ0v) is 20.2. The molecular weight excluding hydrogens is 410 g/mol. The summed E-state index contributed by atoms with van der Waals surface area (Å²) in [6, 6.07) is 1.72. The van der Waals surface area contributed by atoms with Crippen molar-refractivity contribution in [2.75, 3.05) is 38.7 Å². The molecule has 9 nitrogen and oxygen atoms in total. The monoisotopic (exact) mass is 447 g/mol. The lowest BCUT2D eigenvalue weighted by molar-refractivity contribution is -0.127. The third-order valence-electron chi connectivity index (χ3n) is 5.40. The zero-order valence-electron chi connectivity index (χ0n) is 20.2. The topological polar surface area (TPSA) is 105 Å². The van der Waals surface area contributed by atoms with Crippen molar-refractivity contribution in [3.8, 4) is 5.88 Å². The quantitative estimate of drug-likeness (QED) is 0.421. The Balaban J connectivity index is 2.19. The molecule has 0 spiro atoms. The van der Waals surface area contributed by atoms with E-state index in [1.807, 2.05) is 40.7 Å². The number of alkyl carbamates (subject to hydrolysis) is 1. The number of nitrogens with zero attached hydrogens (tertiary/aromatic N) is 3. The van der Waals surface area contributed by atoms with E-state index in [1.54, 1.807) is 12.0 Å². The van der Waals surface area contributed by atoms with E-state index in [4.69, 9.17) is 9.47 Å². The smallest absolute Gasteiger partial charge is 0.407 e. The number of hydrogen-bond donors (Lipinski definition) is 2. The van der Waals surface area contributed by atoms with Gasteiger partial charge in [-0.2, -0.15) is 0 Å². The zero-order chi connectivity index (χ0) is 23.7. The maximum atomic E-state index is 13.5. The summed E-state index contributed by atoms with van der Waals surface area (Å²) in [6.45, 7) is 11.2. The van der Waals surface area contributed by atoms with Gasteiger partial charge >= 0.3 is 6.09 Å². The second-order valence-corrected chi connectivity index (χ2v) is 7.92. The van der Waals surface area contributed by atoms with Crippen molar-refractivity contribution in [1.29, 1.82) is 0 Å². The lowest BCUT2D eigenvalue weighted by Gasteiger charge is -2.31. The minimum atomic E-state index is -0.447. The van der Waals surface area contributed by atoms with Crippen molar-refractivity contribution in [3.63, 3.8) is 0 Å². The van der Waals surface area contributed by atoms with Crippen LogP contribution in [0.2, 0.25) is 0 Å². The maximum absolute atomic E-state index is 13.5. The Labute approximate surface area is 191 Å². The predicted octanol–water partition coefficient (Wildman–Crippen LogP) is 3.30. The first kappa shape index (κ1) is 25.4. The summed E-state index contributed by atoms with van der Waals surface area (Å²) >= 11 is 0. The van der Waals surface area contributed by atoms with E-state index in [0.717, 1.165) is 24.8 Å². The number of nitrogens with one attached hydrogen (secondary N) is 2. The molecular formula is C23H37N5O4. The molecule has 0 saturated heterocycles. The Bertz CT molecular complexity index is 823. The number of aromatic nitrogens is 1. The standard InChI is InChI=1S/C23H37N5O4/c1-7-12-25-23(30)32-14-19(17-10-11-17)28(9-3)22(29)20(24-8-2)27-18-13-15(4)21(31-6)26-16(18)5/h13,17,19H,7-12,14H2,1-6H3,(H,24,27)(H,25,30). The molecule has 1 saturated carbocycles. The second-order valence-electron chi connectivity index (χ2n) is 7.92. The molecule has 178 valence electrons. The molecule has 1 aromatic rings. The first-order valence-corrected chi connectivity index (χ1v) is 11.4. The molecule has 1 atom stereocenters. The number of anilines is 1. The number of amidine groups is 1. The van der Waals surface area contributed by atoms with Crippen molar-refractivity contribution < 1.29 is 19.1 Å². The van der Waals surface area contributed by atoms with E-state index in [2.05, 4.69) is 20.6 Å². The number of ether oxygens (including phenoxy) is 2. The van der Waals surface area contributed by atoms with Gasteiger partial charge in [0, 0.05) is 25.2 Å². The highest BCUT2D eigenvalue weighted by molar-refractivity contribution is 6.42. The van der Waals surface area contributed by atoms with Crippen molar-refractivity contribution in [1.82, 2.24) is 15.2 Å². The minimum Gasteiger partial charge on any atom is -0.481 e. The van der Waals surface area contributed by atoms with Gasteiger partial charge in [-0.15, -0.1) is 0 Å². The van der Waals surface area contributed by atoms with Gasteiger partial charge in [-0.25, -0.2) is 9.78 Å². The normalized spacial score (nSPS) is 14.5. The Morgan fingerprint density at radius 2 is 2.00 bits per heavy atom. The lowest BCUT2D eigenvalue weighted by atomic mass is 10.1. The van der Waals surface area contributed by atoms with Crippen molar-refractivity contribution in [2.45, 2.75) is 59.9 Å². The van der Waals surface area contributed by atoms with Crippen LogP contribution in [0, 0.1) is 19.8 Å². The van der Waals surface area contributed by atoms with Gasteiger partial charge in [-0.1, -0.05) is 6.92 Å². The molecule has 1 aliphatic carbocycles. The number of carbonyl (C=O) groups is 2. The molecule has 0 radical (unpaired) electrons. The van der Waals surface area contributed by atoms with Crippen LogP contribution in [-0.2, 0) is 9.53 Å². The van der Waals surface area contributed by atoms with Gasteiger partial charge in [0.1, 0.15) is 6.61 Å². The van der Waals surface area contributed by atoms with Gasteiger partial charge in [0.25, 0.3) is 5.91 Å². The molecule has 1 heterocycles. The van der Waals surface area contributed by atoms with E-state index in [1.165, 1.54) is 0 Å². The molecule has 2 rings (SSSR count). The number of hydrogen-bond acceptors (Lipinski definition) is 6. The number of pyridine rings is 1. The van der Waals surface area contributed by atoms with Crippen LogP contribution in [0.1, 0.15) is 51.3 Å². The summed E-state index contributed by atoms with van der Waals surface area (Å²) in [5.74, 6) is 0.921. The van der Waals surface area contributed by atoms with Gasteiger partial charge in [0.15, 0.2) is 5.84 Å². The molecule has 0 aliphatic heterocycles. The van der Waals surface area contributed by atoms with Crippen LogP contribution in [0.15, 0.2) is 11.1 Å². The number of methoxy groups -OCH3 is 1. The van der Waals surface area contributed by atoms with Gasteiger partial charge in [0.05, 0.1) is 24.5 Å². The third kappa shape index (κ3) is 6.83. The number of amides is 2. The molecule has 9 heteroatoms. The second kappa shape index (κ2) is 12.3. The third-order valence-corrected chi connectivity index (χ3v) is 5.40. The number of aryl methyl sites for hydroxylation is 2. The van der Waals surface area contributed by atoms with Crippen LogP contribution in [0.25, 0.3) is 0 Å². The molecule has 32 heavy (non-hydrogen) atoms. The van der Waals surface area contributed by atoms with Crippen molar-refractivity contribution >= 4 is 23.5 Å². The van der Waals surface area contributed by atoms with Gasteiger partial charge in [-0.05, 0) is 58.9 Å². The Kier molecular flexibility index (Phi) is 9.74. The average Bonchev–Trinajstić information content (AvgIpc) is 3.61. The van der Waals surface area contributed by atoms with Crippen LogP contribution in [0.3, 0.4) is 0 Å². The minimum absolute atomic E-state index is 0.168. The van der Waals surface area contributed by atoms with Crippen LogP contribution in [0.5, 0.6) is 5.88 Å². The summed E-state index contributed by atoms with van der Waals surface area (Å²) in [5, 5.41) is 5.89. The average molecular weight is 448 g/mol. The van der Waals surface area contributed by atoms with E-state index < -0.39 is 6.09 Å². The number of aliphatic imine (C=N–C) groups is 1. The van der Waals surface area contributed by atoms with Crippen LogP contribution in [-0.4, -0.2) is 67.1 Å². The number of rotatable bonds is 10. The molecule has 0 aromatic carbocycles. The molecule has 2 amide bonds. The van der Waals surface area contributed by atoms with Crippen LogP contribution < -0.4 is 15.4 Å². The van der Waals surface area contributed by atoms with E-state index in [0.29, 0.717) is 42.8 Å². The van der Waals surface area contributed by atoms with Crippen molar-refractivity contribution in [3.05, 3.63) is 17.3 Å². The van der Waals surface area contributed by atoms with E-state index in [9.17, 15) is 9.59 Å². The van der Waals surface area contributed by atoms with Gasteiger partial charge < -0.3 is 25.0 Å². The Hall–Kier alpha value is -2.84. The fraction of sp³-hybridized carbons (Fsp3) is 0.652. The largest absolute Gasteiger partial charge is 0.481 e. The molecule has 1 aliphatic rings. The highest BCUT2D eigenvalue weighted by Gasteiger charge is 2.39. The Morgan fingerprint density at radius 3 is 2.56 bits per heavy atom. The lowest BCUT2D eigenvalue weighted by Crippen LogP contribution is -2.49. The summed E-state index contributed by atoms with van der Waals surface area (Å²) < 4.78 is 10.7. The van der Waals surface area contributed by atoms with Gasteiger partial charge in [-0.3, -0.25) is 9.79 Å². The highest BCUT2D eigenvalue weighted by Crippen LogP contribution is 2.36. The first-order valence-electron chi connectivity index (χ1n) is 11.4. The SMILES string of the molecule is CCCNC(=O)OCC(C1CC1)N(CC)C(=O)C(=NCC)Nc1cc(C)c(OC)nc1C. The Morgan fingerprint density at radius 1 is 1.28 bits per heavy atom. The number of likely N-dealkylation sites (N-methyl/N-ethyl adjacent to an activating group) is 1. The molecule has 2 N–H and O–H groups in total. The fourth-order valence-corrected chi connectivity index (χ4v) is 3.53. The maximum Gasteiger partial charge on any atom is 0.407 e. The summed E-state index contributed by atoms with van der Waals surface area (Å²) in [4.78, 5) is 36.1. The molecule has 1 unspecified atom stereocenters. The van der Waals surface area contributed by atoms with Crippen molar-refractivity contribution in [2.24, 2.45) is 10.9 Å². The molecule has 1 aromatic heterocycles. The van der Waals surface area contributed by atoms with Crippen LogP contribution in [0.4, 0.5) is 10.5 Å². The molecule has 1 fully saturated rings. The van der Waals surface area contributed by atoms with Crippen LogP contribution >= 0.6 is 0 Å². The highest BCUT2D eigenvalue weighted by atomic mass is 16.5.